The van der Waals surface area contributed by atoms with Crippen LogP contribution in [0.5, 0.6) is 0 Å². The molecular formula is C25H21N3O4S. The average molecular weight is 460 g/mol. The molecule has 166 valence electrons. The van der Waals surface area contributed by atoms with Crippen LogP contribution in [0, 0.1) is 11.3 Å². The fourth-order valence-electron chi connectivity index (χ4n) is 3.59. The van der Waals surface area contributed by atoms with Gasteiger partial charge in [0.1, 0.15) is 11.5 Å². The summed E-state index contributed by atoms with van der Waals surface area (Å²) in [5, 5.41) is 16.6. The van der Waals surface area contributed by atoms with E-state index >= 15 is 0 Å². The van der Waals surface area contributed by atoms with E-state index in [1.165, 1.54) is 24.3 Å². The lowest BCUT2D eigenvalue weighted by Crippen LogP contribution is -2.34. The van der Waals surface area contributed by atoms with Crippen molar-refractivity contribution in [2.45, 2.75) is 19.4 Å². The number of nitrogens with zero attached hydrogens (tertiary/aromatic N) is 1. The zero-order chi connectivity index (χ0) is 23.2. The van der Waals surface area contributed by atoms with Crippen molar-refractivity contribution in [2.75, 3.05) is 5.75 Å². The predicted molar refractivity (Wildman–Crippen MR) is 124 cm³/mol. The highest BCUT2D eigenvalue weighted by atomic mass is 32.2. The highest BCUT2D eigenvalue weighted by molar-refractivity contribution is 8.03. The van der Waals surface area contributed by atoms with Crippen LogP contribution in [0.3, 0.4) is 0 Å². The number of rotatable bonds is 8. The van der Waals surface area contributed by atoms with Crippen molar-refractivity contribution in [1.82, 2.24) is 10.6 Å². The van der Waals surface area contributed by atoms with Gasteiger partial charge in [-0.15, -0.1) is 0 Å². The fraction of sp³-hybridized carbons (Fsp3) is 0.160. The Morgan fingerprint density at radius 2 is 1.85 bits per heavy atom. The van der Waals surface area contributed by atoms with Crippen LogP contribution in [0.15, 0.2) is 97.8 Å². The molecular weight excluding hydrogens is 438 g/mol. The molecule has 1 aromatic carbocycles. The van der Waals surface area contributed by atoms with Gasteiger partial charge < -0.3 is 19.5 Å². The van der Waals surface area contributed by atoms with Crippen LogP contribution in [-0.4, -0.2) is 17.4 Å². The van der Waals surface area contributed by atoms with Gasteiger partial charge in [0, 0.05) is 11.3 Å². The Labute approximate surface area is 195 Å². The molecule has 0 spiro atoms. The first-order valence-corrected chi connectivity index (χ1v) is 11.2. The van der Waals surface area contributed by atoms with Crippen molar-refractivity contribution in [3.8, 4) is 6.07 Å². The maximum Gasteiger partial charge on any atom is 0.250 e. The van der Waals surface area contributed by atoms with Crippen LogP contribution in [0.4, 0.5) is 0 Å². The largest absolute Gasteiger partial charge is 0.468 e. The number of ketones is 1. The fourth-order valence-corrected chi connectivity index (χ4v) is 4.57. The summed E-state index contributed by atoms with van der Waals surface area (Å²) in [6.07, 6.45) is 3.04. The zero-order valence-electron chi connectivity index (χ0n) is 17.8. The van der Waals surface area contributed by atoms with Crippen molar-refractivity contribution in [2.24, 2.45) is 0 Å². The van der Waals surface area contributed by atoms with Crippen LogP contribution >= 0.6 is 11.8 Å². The van der Waals surface area contributed by atoms with Crippen molar-refractivity contribution in [3.05, 3.63) is 106 Å². The van der Waals surface area contributed by atoms with E-state index in [1.54, 1.807) is 43.3 Å². The molecule has 0 unspecified atom stereocenters. The van der Waals surface area contributed by atoms with Gasteiger partial charge in [0.2, 0.25) is 5.91 Å². The second kappa shape index (κ2) is 10.1. The minimum atomic E-state index is -0.697. The molecule has 1 aliphatic rings. The third-order valence-electron chi connectivity index (χ3n) is 5.17. The highest BCUT2D eigenvalue weighted by Gasteiger charge is 2.36. The third kappa shape index (κ3) is 4.94. The number of carbonyl (C=O) groups excluding carboxylic acids is 2. The second-order valence-corrected chi connectivity index (χ2v) is 8.29. The monoisotopic (exact) mass is 459 g/mol. The molecule has 8 heteroatoms. The first kappa shape index (κ1) is 22.2. The van der Waals surface area contributed by atoms with E-state index in [2.05, 4.69) is 16.7 Å². The summed E-state index contributed by atoms with van der Waals surface area (Å²) < 4.78 is 10.9. The Morgan fingerprint density at radius 1 is 1.09 bits per heavy atom. The molecule has 0 fully saturated rings. The van der Waals surface area contributed by atoms with Gasteiger partial charge in [-0.05, 0) is 31.2 Å². The number of benzene rings is 1. The molecule has 1 amide bonds. The van der Waals surface area contributed by atoms with Crippen LogP contribution in [-0.2, 0) is 11.3 Å². The van der Waals surface area contributed by atoms with Crippen molar-refractivity contribution < 1.29 is 18.4 Å². The molecule has 7 nitrogen and oxygen atoms in total. The number of amides is 1. The predicted octanol–water partition coefficient (Wildman–Crippen LogP) is 4.50. The lowest BCUT2D eigenvalue weighted by atomic mass is 9.85. The van der Waals surface area contributed by atoms with Crippen LogP contribution in [0.25, 0.3) is 0 Å². The Morgan fingerprint density at radius 3 is 2.52 bits per heavy atom. The molecule has 0 saturated carbocycles. The Balaban J connectivity index is 1.60. The van der Waals surface area contributed by atoms with E-state index < -0.39 is 5.92 Å². The summed E-state index contributed by atoms with van der Waals surface area (Å²) in [4.78, 5) is 25.7. The molecule has 2 N–H and O–H groups in total. The minimum Gasteiger partial charge on any atom is -0.468 e. The van der Waals surface area contributed by atoms with Crippen LogP contribution in [0.1, 0.15) is 34.7 Å². The molecule has 1 atom stereocenters. The topological polar surface area (TPSA) is 108 Å². The summed E-state index contributed by atoms with van der Waals surface area (Å²) in [7, 11) is 0. The van der Waals surface area contributed by atoms with E-state index in [-0.39, 0.29) is 24.0 Å². The molecule has 3 aromatic rings. The van der Waals surface area contributed by atoms with E-state index in [1.807, 2.05) is 18.2 Å². The molecule has 4 rings (SSSR count). The number of hydrogen-bond donors (Lipinski definition) is 2. The molecule has 0 saturated heterocycles. The minimum absolute atomic E-state index is 0.0506. The van der Waals surface area contributed by atoms with Gasteiger partial charge in [-0.25, -0.2) is 0 Å². The first-order valence-electron chi connectivity index (χ1n) is 10.3. The van der Waals surface area contributed by atoms with Crippen molar-refractivity contribution in [1.29, 1.82) is 5.26 Å². The number of allylic oxidation sites excluding steroid dienone is 2. The molecule has 1 aliphatic heterocycles. The maximum absolute atomic E-state index is 13.1. The van der Waals surface area contributed by atoms with Gasteiger partial charge >= 0.3 is 0 Å². The van der Waals surface area contributed by atoms with E-state index in [9.17, 15) is 14.9 Å². The van der Waals surface area contributed by atoms with Gasteiger partial charge in [0.25, 0.3) is 0 Å². The summed E-state index contributed by atoms with van der Waals surface area (Å²) in [5.74, 6) is 0.155. The Hall–Kier alpha value is -3.96. The summed E-state index contributed by atoms with van der Waals surface area (Å²) >= 11 is 1.24. The number of hydrogen-bond acceptors (Lipinski definition) is 7. The molecule has 0 aliphatic carbocycles. The number of furan rings is 2. The van der Waals surface area contributed by atoms with Gasteiger partial charge in [-0.1, -0.05) is 42.1 Å². The van der Waals surface area contributed by atoms with Gasteiger partial charge in [-0.3, -0.25) is 9.59 Å². The molecule has 3 heterocycles. The molecule has 33 heavy (non-hydrogen) atoms. The Kier molecular flexibility index (Phi) is 6.81. The molecule has 2 aromatic heterocycles. The van der Waals surface area contributed by atoms with Gasteiger partial charge in [0.05, 0.1) is 53.0 Å². The van der Waals surface area contributed by atoms with Crippen molar-refractivity contribution in [3.63, 3.8) is 0 Å². The van der Waals surface area contributed by atoms with Gasteiger partial charge in [0.15, 0.2) is 5.78 Å². The van der Waals surface area contributed by atoms with E-state index in [4.69, 9.17) is 8.83 Å². The standard InChI is InChI=1S/C25H21N3O4S/c1-16-22(24(30)27-14-18-9-5-11-31-18)23(21-10-6-12-32-21)19(13-26)25(28-16)33-15-20(29)17-7-3-2-4-8-17/h2-12,23,28H,14-15H2,1H3,(H,27,30)/t23-/m1/s1. The zero-order valence-corrected chi connectivity index (χ0v) is 18.6. The highest BCUT2D eigenvalue weighted by Crippen LogP contribution is 2.40. The molecule has 0 bridgehead atoms. The number of thioether (sulfide) groups is 1. The van der Waals surface area contributed by atoms with Crippen LogP contribution in [0.2, 0.25) is 0 Å². The van der Waals surface area contributed by atoms with E-state index in [0.717, 1.165) is 0 Å². The summed E-state index contributed by atoms with van der Waals surface area (Å²) in [6.45, 7) is 1.98. The quantitative estimate of drug-likeness (QED) is 0.478. The second-order valence-electron chi connectivity index (χ2n) is 7.31. The Bertz CT molecular complexity index is 1240. The summed E-state index contributed by atoms with van der Waals surface area (Å²) in [6, 6.07) is 18.2. The van der Waals surface area contributed by atoms with Gasteiger partial charge in [-0.2, -0.15) is 5.26 Å². The normalized spacial score (nSPS) is 15.7. The first-order chi connectivity index (χ1) is 16.1. The lowest BCUT2D eigenvalue weighted by molar-refractivity contribution is -0.118. The number of carbonyl (C=O) groups is 2. The number of dihydropyridines is 1. The van der Waals surface area contributed by atoms with Crippen LogP contribution < -0.4 is 10.6 Å². The number of nitriles is 1. The average Bonchev–Trinajstić information content (AvgIpc) is 3.55. The third-order valence-corrected chi connectivity index (χ3v) is 6.18. The van der Waals surface area contributed by atoms with E-state index in [0.29, 0.717) is 39.0 Å². The SMILES string of the molecule is CC1=C(C(=O)NCc2ccco2)[C@@H](c2ccco2)C(C#N)=C(SCC(=O)c2ccccc2)N1. The maximum atomic E-state index is 13.1. The smallest absolute Gasteiger partial charge is 0.250 e. The molecule has 0 radical (unpaired) electrons. The van der Waals surface area contributed by atoms with Crippen molar-refractivity contribution >= 4 is 23.5 Å². The lowest BCUT2D eigenvalue weighted by Gasteiger charge is -2.28. The summed E-state index contributed by atoms with van der Waals surface area (Å²) in [5.41, 5.74) is 1.89. The number of nitrogens with one attached hydrogen (secondary N) is 2. The number of Topliss-reactive ketones (excluding diaryl/α,β-unsaturated/α-hetero) is 1.